The van der Waals surface area contributed by atoms with Gasteiger partial charge in [-0.15, -0.1) is 0 Å². The summed E-state index contributed by atoms with van der Waals surface area (Å²) in [6, 6.07) is 17.6. The minimum absolute atomic E-state index is 0.0388. The maximum absolute atomic E-state index is 13.7. The van der Waals surface area contributed by atoms with Crippen LogP contribution in [-0.2, 0) is 19.9 Å². The van der Waals surface area contributed by atoms with Crippen LogP contribution in [0, 0.1) is 5.82 Å². The molecule has 9 heteroatoms. The predicted octanol–water partition coefficient (Wildman–Crippen LogP) is 4.17. The van der Waals surface area contributed by atoms with Crippen molar-refractivity contribution in [3.05, 3.63) is 117 Å². The van der Waals surface area contributed by atoms with Crippen LogP contribution in [0.3, 0.4) is 0 Å². The Morgan fingerprint density at radius 1 is 1.05 bits per heavy atom. The smallest absolute Gasteiger partial charge is 0.296 e. The van der Waals surface area contributed by atoms with E-state index in [9.17, 15) is 23.9 Å². The standard InChI is InChI=1S/C29H25FN4O4/c1-33-27(32-25(26(36)29(33)38)24(35)16-11-18-9-13-20(30)14-10-18)23-15-12-19-6-2-3-8-22(19)34(23)28(37)21-7-4-5-17-31-21/h2-10,13-14,17,23,36H,11-12,15-16H2,1H3. The molecule has 0 saturated heterocycles. The molecule has 0 aliphatic carbocycles. The van der Waals surface area contributed by atoms with Gasteiger partial charge < -0.3 is 5.11 Å². The van der Waals surface area contributed by atoms with E-state index in [1.165, 1.54) is 29.9 Å². The lowest BCUT2D eigenvalue weighted by molar-refractivity contribution is 0.0965. The Hall–Kier alpha value is -4.66. The number of aryl methyl sites for hydroxylation is 2. The van der Waals surface area contributed by atoms with Crippen molar-refractivity contribution in [2.45, 2.75) is 31.7 Å². The van der Waals surface area contributed by atoms with Crippen molar-refractivity contribution < 1.29 is 19.1 Å². The van der Waals surface area contributed by atoms with Gasteiger partial charge in [0, 0.05) is 25.4 Å². The molecule has 192 valence electrons. The van der Waals surface area contributed by atoms with Gasteiger partial charge in [-0.05, 0) is 60.7 Å². The van der Waals surface area contributed by atoms with Gasteiger partial charge in [-0.25, -0.2) is 9.37 Å². The van der Waals surface area contributed by atoms with Crippen LogP contribution in [0.1, 0.15) is 56.8 Å². The number of rotatable bonds is 6. The number of anilines is 1. The van der Waals surface area contributed by atoms with Gasteiger partial charge in [0.2, 0.25) is 5.75 Å². The summed E-state index contributed by atoms with van der Waals surface area (Å²) in [5, 5.41) is 10.6. The zero-order valence-electron chi connectivity index (χ0n) is 20.7. The van der Waals surface area contributed by atoms with E-state index in [4.69, 9.17) is 0 Å². The van der Waals surface area contributed by atoms with Crippen LogP contribution in [0.2, 0.25) is 0 Å². The summed E-state index contributed by atoms with van der Waals surface area (Å²) >= 11 is 0. The molecule has 1 amide bonds. The number of benzene rings is 2. The normalized spacial score (nSPS) is 14.7. The second kappa shape index (κ2) is 10.4. The lowest BCUT2D eigenvalue weighted by Gasteiger charge is -2.37. The molecule has 8 nitrogen and oxygen atoms in total. The quantitative estimate of drug-likeness (QED) is 0.389. The van der Waals surface area contributed by atoms with Crippen molar-refractivity contribution in [3.8, 4) is 5.75 Å². The third kappa shape index (κ3) is 4.70. The van der Waals surface area contributed by atoms with Gasteiger partial charge >= 0.3 is 0 Å². The van der Waals surface area contributed by atoms with Crippen molar-refractivity contribution in [1.29, 1.82) is 0 Å². The van der Waals surface area contributed by atoms with E-state index < -0.39 is 23.1 Å². The van der Waals surface area contributed by atoms with Crippen LogP contribution < -0.4 is 10.5 Å². The van der Waals surface area contributed by atoms with Crippen LogP contribution >= 0.6 is 0 Å². The molecule has 4 aromatic rings. The van der Waals surface area contributed by atoms with E-state index in [0.29, 0.717) is 18.5 Å². The van der Waals surface area contributed by atoms with Crippen LogP contribution in [0.4, 0.5) is 10.1 Å². The summed E-state index contributed by atoms with van der Waals surface area (Å²) in [5.41, 5.74) is 1.49. The highest BCUT2D eigenvalue weighted by Crippen LogP contribution is 2.39. The Bertz CT molecular complexity index is 1570. The number of ketones is 1. The average molecular weight is 513 g/mol. The second-order valence-corrected chi connectivity index (χ2v) is 9.15. The lowest BCUT2D eigenvalue weighted by atomic mass is 9.94. The summed E-state index contributed by atoms with van der Waals surface area (Å²) in [6.45, 7) is 0. The van der Waals surface area contributed by atoms with E-state index in [1.54, 1.807) is 35.2 Å². The Morgan fingerprint density at radius 3 is 2.53 bits per heavy atom. The third-order valence-electron chi connectivity index (χ3n) is 6.77. The zero-order chi connectivity index (χ0) is 26.8. The SMILES string of the molecule is Cn1c(C2CCc3ccccc3N2C(=O)c2ccccn2)nc(C(=O)CCc2ccc(F)cc2)c(O)c1=O. The Balaban J connectivity index is 1.54. The lowest BCUT2D eigenvalue weighted by Crippen LogP contribution is -2.42. The van der Waals surface area contributed by atoms with E-state index >= 15 is 0 Å². The van der Waals surface area contributed by atoms with E-state index in [-0.39, 0.29) is 41.8 Å². The van der Waals surface area contributed by atoms with Crippen molar-refractivity contribution in [3.63, 3.8) is 0 Å². The minimum Gasteiger partial charge on any atom is -0.501 e. The number of pyridine rings is 1. The van der Waals surface area contributed by atoms with Gasteiger partial charge in [0.15, 0.2) is 11.5 Å². The first-order valence-electron chi connectivity index (χ1n) is 12.2. The maximum Gasteiger partial charge on any atom is 0.296 e. The number of hydrogen-bond donors (Lipinski definition) is 1. The van der Waals surface area contributed by atoms with Crippen molar-refractivity contribution in [2.24, 2.45) is 7.05 Å². The number of hydrogen-bond acceptors (Lipinski definition) is 6. The Labute approximate surface area is 218 Å². The van der Waals surface area contributed by atoms with Gasteiger partial charge in [-0.3, -0.25) is 28.8 Å². The summed E-state index contributed by atoms with van der Waals surface area (Å²) in [7, 11) is 1.46. The van der Waals surface area contributed by atoms with E-state index in [2.05, 4.69) is 9.97 Å². The first-order valence-corrected chi connectivity index (χ1v) is 12.2. The monoisotopic (exact) mass is 512 g/mol. The van der Waals surface area contributed by atoms with E-state index in [1.807, 2.05) is 24.3 Å². The molecule has 38 heavy (non-hydrogen) atoms. The Morgan fingerprint density at radius 2 is 1.79 bits per heavy atom. The fraction of sp³-hybridized carbons (Fsp3) is 0.207. The highest BCUT2D eigenvalue weighted by atomic mass is 19.1. The number of halogens is 1. The number of aromatic nitrogens is 3. The first kappa shape index (κ1) is 25.0. The fourth-order valence-electron chi connectivity index (χ4n) is 4.78. The molecule has 0 fully saturated rings. The van der Waals surface area contributed by atoms with Crippen LogP contribution in [0.25, 0.3) is 0 Å². The summed E-state index contributed by atoms with van der Waals surface area (Å²) in [5.74, 6) is -1.82. The van der Waals surface area contributed by atoms with Crippen molar-refractivity contribution in [1.82, 2.24) is 14.5 Å². The molecule has 2 aromatic heterocycles. The number of amides is 1. The van der Waals surface area contributed by atoms with Gasteiger partial charge in [-0.1, -0.05) is 36.4 Å². The highest BCUT2D eigenvalue weighted by molar-refractivity contribution is 6.06. The molecule has 0 spiro atoms. The molecular formula is C29H25FN4O4. The summed E-state index contributed by atoms with van der Waals surface area (Å²) < 4.78 is 14.4. The van der Waals surface area contributed by atoms with Gasteiger partial charge in [-0.2, -0.15) is 0 Å². The van der Waals surface area contributed by atoms with E-state index in [0.717, 1.165) is 11.1 Å². The molecule has 5 rings (SSSR count). The number of fused-ring (bicyclic) bond motifs is 1. The van der Waals surface area contributed by atoms with Crippen LogP contribution in [0.15, 0.2) is 77.7 Å². The summed E-state index contributed by atoms with van der Waals surface area (Å²) in [6.07, 6.45) is 2.85. The number of aromatic hydroxyl groups is 1. The molecular weight excluding hydrogens is 487 g/mol. The maximum atomic E-state index is 13.7. The molecule has 1 aliphatic rings. The van der Waals surface area contributed by atoms with Crippen molar-refractivity contribution in [2.75, 3.05) is 4.90 Å². The minimum atomic E-state index is -0.774. The largest absolute Gasteiger partial charge is 0.501 e. The average Bonchev–Trinajstić information content (AvgIpc) is 2.95. The first-order chi connectivity index (χ1) is 18.3. The number of para-hydroxylation sites is 1. The summed E-state index contributed by atoms with van der Waals surface area (Å²) in [4.78, 5) is 50.1. The van der Waals surface area contributed by atoms with Crippen LogP contribution in [-0.4, -0.2) is 31.3 Å². The molecule has 2 aromatic carbocycles. The fourth-order valence-corrected chi connectivity index (χ4v) is 4.78. The molecule has 0 saturated carbocycles. The Kier molecular flexibility index (Phi) is 6.83. The third-order valence-corrected chi connectivity index (χ3v) is 6.77. The van der Waals surface area contributed by atoms with Gasteiger partial charge in [0.05, 0.1) is 6.04 Å². The van der Waals surface area contributed by atoms with Crippen molar-refractivity contribution >= 4 is 17.4 Å². The number of Topliss-reactive ketones (excluding diaryl/α,β-unsaturated/α-hetero) is 1. The predicted molar refractivity (Wildman–Crippen MR) is 139 cm³/mol. The molecule has 1 aliphatic heterocycles. The van der Waals surface area contributed by atoms with Gasteiger partial charge in [0.25, 0.3) is 11.5 Å². The van der Waals surface area contributed by atoms with Gasteiger partial charge in [0.1, 0.15) is 17.3 Å². The molecule has 1 N–H and O–H groups in total. The van der Waals surface area contributed by atoms with Crippen LogP contribution in [0.5, 0.6) is 5.75 Å². The zero-order valence-corrected chi connectivity index (χ0v) is 20.7. The topological polar surface area (TPSA) is 105 Å². The molecule has 0 bridgehead atoms. The number of carbonyl (C=O) groups excluding carboxylic acids is 2. The number of nitrogens with zero attached hydrogens (tertiary/aromatic N) is 4. The number of carbonyl (C=O) groups is 2. The molecule has 3 heterocycles. The highest BCUT2D eigenvalue weighted by Gasteiger charge is 2.36. The second-order valence-electron chi connectivity index (χ2n) is 9.15. The molecule has 1 atom stereocenters. The molecule has 1 unspecified atom stereocenters. The molecule has 0 radical (unpaired) electrons.